The van der Waals surface area contributed by atoms with E-state index in [9.17, 15) is 9.59 Å². The van der Waals surface area contributed by atoms with Crippen molar-refractivity contribution in [3.05, 3.63) is 28.2 Å². The van der Waals surface area contributed by atoms with Gasteiger partial charge in [0, 0.05) is 12.5 Å². The van der Waals surface area contributed by atoms with Crippen molar-refractivity contribution in [1.82, 2.24) is 10.2 Å². The number of rotatable bonds is 7. The highest BCUT2D eigenvalue weighted by atomic mass is 35.5. The number of anilines is 1. The van der Waals surface area contributed by atoms with Crippen LogP contribution in [0.15, 0.2) is 18.2 Å². The van der Waals surface area contributed by atoms with Gasteiger partial charge in [-0.05, 0) is 51.4 Å². The number of likely N-dealkylation sites (tertiary alicyclic amines) is 1. The second kappa shape index (κ2) is 10.1. The van der Waals surface area contributed by atoms with Crippen molar-refractivity contribution in [2.45, 2.75) is 45.6 Å². The van der Waals surface area contributed by atoms with Gasteiger partial charge in [-0.3, -0.25) is 14.5 Å². The minimum absolute atomic E-state index is 0.0424. The molecule has 144 valence electrons. The van der Waals surface area contributed by atoms with Crippen LogP contribution in [-0.2, 0) is 9.59 Å². The Balaban J connectivity index is 1.83. The van der Waals surface area contributed by atoms with Gasteiger partial charge in [-0.2, -0.15) is 0 Å². The molecule has 0 aromatic heterocycles. The fourth-order valence-electron chi connectivity index (χ4n) is 3.08. The van der Waals surface area contributed by atoms with Crippen molar-refractivity contribution in [2.75, 3.05) is 25.0 Å². The van der Waals surface area contributed by atoms with Crippen molar-refractivity contribution >= 4 is 40.7 Å². The molecule has 2 rings (SSSR count). The van der Waals surface area contributed by atoms with Gasteiger partial charge in [0.15, 0.2) is 0 Å². The molecule has 5 nitrogen and oxygen atoms in total. The summed E-state index contributed by atoms with van der Waals surface area (Å²) in [6.45, 7) is 6.17. The Kier molecular flexibility index (Phi) is 8.19. The number of carbonyl (C=O) groups excluding carboxylic acids is 2. The average Bonchev–Trinajstić information content (AvgIpc) is 2.65. The number of benzene rings is 1. The maximum absolute atomic E-state index is 12.5. The molecule has 2 amide bonds. The van der Waals surface area contributed by atoms with E-state index in [1.807, 2.05) is 6.92 Å². The third-order valence-electron chi connectivity index (χ3n) is 4.87. The first-order chi connectivity index (χ1) is 12.4. The molecule has 1 saturated heterocycles. The largest absolute Gasteiger partial charge is 0.356 e. The quantitative estimate of drug-likeness (QED) is 0.682. The van der Waals surface area contributed by atoms with Crippen LogP contribution < -0.4 is 10.6 Å². The maximum Gasteiger partial charge on any atom is 0.241 e. The first kappa shape index (κ1) is 21.0. The van der Waals surface area contributed by atoms with Gasteiger partial charge in [0.1, 0.15) is 0 Å². The molecule has 1 heterocycles. The van der Waals surface area contributed by atoms with Crippen LogP contribution in [0.1, 0.15) is 39.5 Å². The Morgan fingerprint density at radius 3 is 2.62 bits per heavy atom. The molecule has 26 heavy (non-hydrogen) atoms. The molecule has 0 saturated carbocycles. The van der Waals surface area contributed by atoms with E-state index in [2.05, 4.69) is 22.5 Å². The lowest BCUT2D eigenvalue weighted by molar-refractivity contribution is -0.127. The molecule has 1 aliphatic rings. The van der Waals surface area contributed by atoms with Gasteiger partial charge < -0.3 is 10.6 Å². The van der Waals surface area contributed by atoms with E-state index in [1.165, 1.54) is 0 Å². The molecule has 2 N–H and O–H groups in total. The number of piperidine rings is 1. The summed E-state index contributed by atoms with van der Waals surface area (Å²) in [5.41, 5.74) is 0.515. The van der Waals surface area contributed by atoms with Gasteiger partial charge in [-0.25, -0.2) is 0 Å². The zero-order valence-corrected chi connectivity index (χ0v) is 16.9. The van der Waals surface area contributed by atoms with Crippen LogP contribution in [0.4, 0.5) is 5.69 Å². The normalized spacial score (nSPS) is 16.9. The van der Waals surface area contributed by atoms with Crippen LogP contribution in [0.25, 0.3) is 0 Å². The molecule has 1 aromatic carbocycles. The Labute approximate surface area is 165 Å². The monoisotopic (exact) mass is 399 g/mol. The second-order valence-electron chi connectivity index (χ2n) is 6.72. The lowest BCUT2D eigenvalue weighted by Gasteiger charge is -2.34. The van der Waals surface area contributed by atoms with Gasteiger partial charge >= 0.3 is 0 Å². The number of carbonyl (C=O) groups is 2. The number of amides is 2. The standard InChI is InChI=1S/C19H27Cl2N3O2/c1-3-4-10-22-19(26)14-8-11-24(12-9-14)13(2)18(25)23-16-7-5-6-15(20)17(16)21/h5-7,13-14H,3-4,8-12H2,1-2H3,(H,22,26)(H,23,25)/t13-/m1/s1. The number of halogens is 2. The van der Waals surface area contributed by atoms with Gasteiger partial charge in [0.25, 0.3) is 0 Å². The molecule has 1 atom stereocenters. The lowest BCUT2D eigenvalue weighted by atomic mass is 9.95. The minimum Gasteiger partial charge on any atom is -0.356 e. The minimum atomic E-state index is -0.297. The topological polar surface area (TPSA) is 61.4 Å². The van der Waals surface area contributed by atoms with E-state index in [4.69, 9.17) is 23.2 Å². The number of hydrogen-bond donors (Lipinski definition) is 2. The van der Waals surface area contributed by atoms with E-state index in [1.54, 1.807) is 18.2 Å². The summed E-state index contributed by atoms with van der Waals surface area (Å²) < 4.78 is 0. The summed E-state index contributed by atoms with van der Waals surface area (Å²) in [6.07, 6.45) is 3.62. The first-order valence-corrected chi connectivity index (χ1v) is 9.96. The van der Waals surface area contributed by atoms with Gasteiger partial charge in [-0.1, -0.05) is 42.6 Å². The molecule has 1 aromatic rings. The van der Waals surface area contributed by atoms with Crippen LogP contribution in [-0.4, -0.2) is 42.4 Å². The Bertz CT molecular complexity index is 631. The smallest absolute Gasteiger partial charge is 0.241 e. The van der Waals surface area contributed by atoms with Crippen molar-refractivity contribution in [1.29, 1.82) is 0 Å². The van der Waals surface area contributed by atoms with Crippen LogP contribution in [0, 0.1) is 5.92 Å². The highest BCUT2D eigenvalue weighted by Crippen LogP contribution is 2.30. The van der Waals surface area contributed by atoms with E-state index < -0.39 is 0 Å². The fraction of sp³-hybridized carbons (Fsp3) is 0.579. The molecule has 0 radical (unpaired) electrons. The number of unbranched alkanes of at least 4 members (excludes halogenated alkanes) is 1. The van der Waals surface area contributed by atoms with E-state index in [-0.39, 0.29) is 23.8 Å². The first-order valence-electron chi connectivity index (χ1n) is 9.20. The van der Waals surface area contributed by atoms with Crippen LogP contribution in [0.3, 0.4) is 0 Å². The molecule has 0 spiro atoms. The summed E-state index contributed by atoms with van der Waals surface area (Å²) in [6, 6.07) is 4.86. The maximum atomic E-state index is 12.5. The predicted molar refractivity (Wildman–Crippen MR) is 107 cm³/mol. The van der Waals surface area contributed by atoms with Crippen LogP contribution in [0.5, 0.6) is 0 Å². The van der Waals surface area contributed by atoms with Crippen molar-refractivity contribution in [3.8, 4) is 0 Å². The van der Waals surface area contributed by atoms with Crippen LogP contribution in [0.2, 0.25) is 10.0 Å². The van der Waals surface area contributed by atoms with E-state index >= 15 is 0 Å². The molecular formula is C19H27Cl2N3O2. The molecule has 7 heteroatoms. The predicted octanol–water partition coefficient (Wildman–Crippen LogP) is 3.95. The summed E-state index contributed by atoms with van der Waals surface area (Å²) in [5.74, 6) is 0.0571. The Morgan fingerprint density at radius 1 is 1.27 bits per heavy atom. The molecule has 1 aliphatic heterocycles. The Morgan fingerprint density at radius 2 is 1.96 bits per heavy atom. The van der Waals surface area contributed by atoms with Gasteiger partial charge in [0.2, 0.25) is 11.8 Å². The summed E-state index contributed by atoms with van der Waals surface area (Å²) >= 11 is 12.1. The van der Waals surface area contributed by atoms with E-state index in [0.29, 0.717) is 15.7 Å². The number of nitrogens with one attached hydrogen (secondary N) is 2. The zero-order chi connectivity index (χ0) is 19.1. The lowest BCUT2D eigenvalue weighted by Crippen LogP contribution is -2.48. The van der Waals surface area contributed by atoms with Crippen molar-refractivity contribution in [3.63, 3.8) is 0 Å². The van der Waals surface area contributed by atoms with Gasteiger partial charge in [-0.15, -0.1) is 0 Å². The summed E-state index contributed by atoms with van der Waals surface area (Å²) in [4.78, 5) is 26.8. The highest BCUT2D eigenvalue weighted by Gasteiger charge is 2.29. The molecule has 0 unspecified atom stereocenters. The molecular weight excluding hydrogens is 373 g/mol. The van der Waals surface area contributed by atoms with E-state index in [0.717, 1.165) is 45.3 Å². The molecule has 0 bridgehead atoms. The summed E-state index contributed by atoms with van der Waals surface area (Å²) in [5, 5.41) is 6.59. The molecule has 1 fully saturated rings. The summed E-state index contributed by atoms with van der Waals surface area (Å²) in [7, 11) is 0. The van der Waals surface area contributed by atoms with Crippen molar-refractivity contribution < 1.29 is 9.59 Å². The van der Waals surface area contributed by atoms with Crippen molar-refractivity contribution in [2.24, 2.45) is 5.92 Å². The molecule has 0 aliphatic carbocycles. The highest BCUT2D eigenvalue weighted by molar-refractivity contribution is 6.44. The van der Waals surface area contributed by atoms with Gasteiger partial charge in [0.05, 0.1) is 21.8 Å². The second-order valence-corrected chi connectivity index (χ2v) is 7.51. The zero-order valence-electron chi connectivity index (χ0n) is 15.4. The number of nitrogens with zero attached hydrogens (tertiary/aromatic N) is 1. The number of hydrogen-bond acceptors (Lipinski definition) is 3. The third-order valence-corrected chi connectivity index (χ3v) is 5.69. The SMILES string of the molecule is CCCCNC(=O)C1CCN([C@H](C)C(=O)Nc2cccc(Cl)c2Cl)CC1. The van der Waals surface area contributed by atoms with Crippen LogP contribution >= 0.6 is 23.2 Å². The fourth-order valence-corrected chi connectivity index (χ4v) is 3.43. The Hall–Kier alpha value is -1.30. The third kappa shape index (κ3) is 5.60. The average molecular weight is 400 g/mol.